The highest BCUT2D eigenvalue weighted by Crippen LogP contribution is 2.47. The Kier molecular flexibility index (Phi) is 2.98. The van der Waals surface area contributed by atoms with Crippen molar-refractivity contribution in [3.63, 3.8) is 0 Å². The van der Waals surface area contributed by atoms with Crippen LogP contribution in [-0.4, -0.2) is 7.05 Å². The smallest absolute Gasteiger partial charge is 0.128 e. The molecule has 0 aliphatic heterocycles. The van der Waals surface area contributed by atoms with Gasteiger partial charge in [0.1, 0.15) is 11.6 Å². The Bertz CT molecular complexity index is 403. The number of hydrogen-bond acceptors (Lipinski definition) is 1. The van der Waals surface area contributed by atoms with Crippen molar-refractivity contribution in [1.29, 1.82) is 0 Å². The van der Waals surface area contributed by atoms with Gasteiger partial charge in [0.05, 0.1) is 0 Å². The van der Waals surface area contributed by atoms with Gasteiger partial charge in [-0.05, 0) is 49.9 Å². The summed E-state index contributed by atoms with van der Waals surface area (Å²) < 4.78 is 27.2. The Morgan fingerprint density at radius 1 is 1.31 bits per heavy atom. The van der Waals surface area contributed by atoms with E-state index in [4.69, 9.17) is 0 Å². The fourth-order valence-electron chi connectivity index (χ4n) is 2.32. The summed E-state index contributed by atoms with van der Waals surface area (Å²) in [6.07, 6.45) is 1.08. The molecule has 1 aromatic carbocycles. The number of nitrogens with one attached hydrogen (secondary N) is 1. The van der Waals surface area contributed by atoms with Gasteiger partial charge in [-0.15, -0.1) is 0 Å². The molecule has 0 spiro atoms. The lowest BCUT2D eigenvalue weighted by atomic mass is 9.99. The molecule has 1 aromatic rings. The monoisotopic (exact) mass is 225 g/mol. The molecule has 1 N–H and O–H groups in total. The van der Waals surface area contributed by atoms with E-state index in [0.29, 0.717) is 23.0 Å². The van der Waals surface area contributed by atoms with Crippen molar-refractivity contribution in [2.45, 2.75) is 26.3 Å². The highest BCUT2D eigenvalue weighted by atomic mass is 19.1. The van der Waals surface area contributed by atoms with Gasteiger partial charge in [-0.1, -0.05) is 6.92 Å². The van der Waals surface area contributed by atoms with Crippen molar-refractivity contribution < 1.29 is 8.78 Å². The molecule has 1 fully saturated rings. The SMILES string of the molecule is CNC(c1cc(F)c(C)cc1F)C1CC1C. The van der Waals surface area contributed by atoms with E-state index in [9.17, 15) is 8.78 Å². The molecule has 1 saturated carbocycles. The van der Waals surface area contributed by atoms with Gasteiger partial charge in [-0.2, -0.15) is 0 Å². The molecule has 3 atom stereocenters. The predicted molar refractivity (Wildman–Crippen MR) is 60.2 cm³/mol. The van der Waals surface area contributed by atoms with Crippen LogP contribution in [0.5, 0.6) is 0 Å². The fourth-order valence-corrected chi connectivity index (χ4v) is 2.32. The summed E-state index contributed by atoms with van der Waals surface area (Å²) in [5.74, 6) is 0.394. The average molecular weight is 225 g/mol. The van der Waals surface area contributed by atoms with Gasteiger partial charge in [0.15, 0.2) is 0 Å². The molecule has 0 radical (unpaired) electrons. The standard InChI is InChI=1S/C13H17F2N/c1-7-4-9(7)13(16-3)10-6-11(14)8(2)5-12(10)15/h5-7,9,13,16H,4H2,1-3H3. The maximum Gasteiger partial charge on any atom is 0.128 e. The van der Waals surface area contributed by atoms with Crippen molar-refractivity contribution in [1.82, 2.24) is 5.32 Å². The van der Waals surface area contributed by atoms with E-state index in [0.717, 1.165) is 6.42 Å². The summed E-state index contributed by atoms with van der Waals surface area (Å²) in [6, 6.07) is 2.55. The molecular weight excluding hydrogens is 208 g/mol. The van der Waals surface area contributed by atoms with Gasteiger partial charge >= 0.3 is 0 Å². The second kappa shape index (κ2) is 4.13. The Morgan fingerprint density at radius 3 is 2.44 bits per heavy atom. The summed E-state index contributed by atoms with van der Waals surface area (Å²) in [7, 11) is 1.80. The average Bonchev–Trinajstić information content (AvgIpc) is 2.92. The van der Waals surface area contributed by atoms with Gasteiger partial charge in [-0.25, -0.2) is 8.78 Å². The van der Waals surface area contributed by atoms with Gasteiger partial charge in [0.2, 0.25) is 0 Å². The van der Waals surface area contributed by atoms with Gasteiger partial charge in [-0.3, -0.25) is 0 Å². The molecule has 1 aliphatic rings. The van der Waals surface area contributed by atoms with Crippen molar-refractivity contribution in [2.24, 2.45) is 11.8 Å². The van der Waals surface area contributed by atoms with E-state index in [1.807, 2.05) is 0 Å². The maximum atomic E-state index is 13.8. The molecular formula is C13H17F2N. The van der Waals surface area contributed by atoms with Crippen molar-refractivity contribution in [3.8, 4) is 0 Å². The summed E-state index contributed by atoms with van der Waals surface area (Å²) in [5.41, 5.74) is 0.819. The minimum Gasteiger partial charge on any atom is -0.313 e. The lowest BCUT2D eigenvalue weighted by Gasteiger charge is -2.18. The number of halogens is 2. The van der Waals surface area contributed by atoms with Crippen LogP contribution in [0.2, 0.25) is 0 Å². The predicted octanol–water partition coefficient (Wildman–Crippen LogP) is 3.19. The Hall–Kier alpha value is -0.960. The molecule has 1 nitrogen and oxygen atoms in total. The summed E-state index contributed by atoms with van der Waals surface area (Å²) in [6.45, 7) is 3.72. The van der Waals surface area contributed by atoms with Crippen LogP contribution in [0.3, 0.4) is 0 Å². The van der Waals surface area contributed by atoms with E-state index < -0.39 is 0 Å². The van der Waals surface area contributed by atoms with Crippen molar-refractivity contribution >= 4 is 0 Å². The molecule has 0 saturated heterocycles. The van der Waals surface area contributed by atoms with Gasteiger partial charge in [0.25, 0.3) is 0 Å². The lowest BCUT2D eigenvalue weighted by molar-refractivity contribution is 0.468. The van der Waals surface area contributed by atoms with E-state index >= 15 is 0 Å². The second-order valence-corrected chi connectivity index (χ2v) is 4.77. The molecule has 0 amide bonds. The third-order valence-electron chi connectivity index (χ3n) is 3.52. The topological polar surface area (TPSA) is 12.0 Å². The first-order valence-corrected chi connectivity index (χ1v) is 5.67. The van der Waals surface area contributed by atoms with Crippen LogP contribution in [-0.2, 0) is 0 Å². The zero-order valence-electron chi connectivity index (χ0n) is 9.85. The van der Waals surface area contributed by atoms with Crippen LogP contribution < -0.4 is 5.32 Å². The maximum absolute atomic E-state index is 13.8. The van der Waals surface area contributed by atoms with Gasteiger partial charge in [0, 0.05) is 11.6 Å². The Labute approximate surface area is 94.9 Å². The molecule has 3 heteroatoms. The summed E-state index contributed by atoms with van der Waals surface area (Å²) >= 11 is 0. The highest BCUT2D eigenvalue weighted by Gasteiger charge is 2.40. The Morgan fingerprint density at radius 2 is 1.94 bits per heavy atom. The summed E-state index contributed by atoms with van der Waals surface area (Å²) in [5, 5.41) is 3.09. The lowest BCUT2D eigenvalue weighted by Crippen LogP contribution is -2.20. The van der Waals surface area contributed by atoms with Crippen LogP contribution in [0.1, 0.15) is 30.5 Å². The molecule has 0 bridgehead atoms. The van der Waals surface area contributed by atoms with E-state index in [-0.39, 0.29) is 17.7 Å². The van der Waals surface area contributed by atoms with Crippen LogP contribution in [0.4, 0.5) is 8.78 Å². The minimum absolute atomic E-state index is 0.0647. The zero-order valence-corrected chi connectivity index (χ0v) is 9.85. The number of aryl methyl sites for hydroxylation is 1. The number of hydrogen-bond donors (Lipinski definition) is 1. The zero-order chi connectivity index (χ0) is 11.9. The molecule has 3 unspecified atom stereocenters. The molecule has 1 aliphatic carbocycles. The number of benzene rings is 1. The first-order chi connectivity index (χ1) is 7.54. The number of rotatable bonds is 3. The summed E-state index contributed by atoms with van der Waals surface area (Å²) in [4.78, 5) is 0. The Balaban J connectivity index is 2.34. The van der Waals surface area contributed by atoms with E-state index in [1.165, 1.54) is 12.1 Å². The van der Waals surface area contributed by atoms with Crippen LogP contribution in [0.25, 0.3) is 0 Å². The van der Waals surface area contributed by atoms with Crippen LogP contribution in [0.15, 0.2) is 12.1 Å². The normalized spacial score (nSPS) is 25.6. The van der Waals surface area contributed by atoms with Crippen molar-refractivity contribution in [3.05, 3.63) is 34.9 Å². The molecule has 0 heterocycles. The van der Waals surface area contributed by atoms with E-state index in [1.54, 1.807) is 14.0 Å². The fraction of sp³-hybridized carbons (Fsp3) is 0.538. The van der Waals surface area contributed by atoms with Crippen molar-refractivity contribution in [2.75, 3.05) is 7.05 Å². The van der Waals surface area contributed by atoms with Crippen LogP contribution in [0, 0.1) is 30.4 Å². The molecule has 88 valence electrons. The van der Waals surface area contributed by atoms with Gasteiger partial charge < -0.3 is 5.32 Å². The second-order valence-electron chi connectivity index (χ2n) is 4.77. The largest absolute Gasteiger partial charge is 0.313 e. The molecule has 2 rings (SSSR count). The third-order valence-corrected chi connectivity index (χ3v) is 3.52. The third kappa shape index (κ3) is 1.96. The first kappa shape index (κ1) is 11.5. The molecule has 16 heavy (non-hydrogen) atoms. The molecule has 0 aromatic heterocycles. The first-order valence-electron chi connectivity index (χ1n) is 5.67. The van der Waals surface area contributed by atoms with E-state index in [2.05, 4.69) is 12.2 Å². The van der Waals surface area contributed by atoms with Crippen LogP contribution >= 0.6 is 0 Å². The quantitative estimate of drug-likeness (QED) is 0.833. The minimum atomic E-state index is -0.329. The highest BCUT2D eigenvalue weighted by molar-refractivity contribution is 5.29.